The van der Waals surface area contributed by atoms with Crippen molar-refractivity contribution in [2.75, 3.05) is 46.6 Å². The normalized spacial score (nSPS) is 20.9. The van der Waals surface area contributed by atoms with E-state index in [0.29, 0.717) is 36.5 Å². The lowest BCUT2D eigenvalue weighted by Gasteiger charge is -2.27. The Labute approximate surface area is 148 Å². The molecule has 1 aliphatic rings. The summed E-state index contributed by atoms with van der Waals surface area (Å²) >= 11 is 6.05. The second-order valence-electron chi connectivity index (χ2n) is 5.91. The lowest BCUT2D eigenvalue weighted by Crippen LogP contribution is -2.45. The number of aliphatic hydroxyl groups is 1. The largest absolute Gasteiger partial charge is 0.490 e. The third-order valence-electron chi connectivity index (χ3n) is 4.17. The van der Waals surface area contributed by atoms with Crippen LogP contribution in [0, 0.1) is 5.41 Å². The summed E-state index contributed by atoms with van der Waals surface area (Å²) < 4.78 is 11.1. The topological polar surface area (TPSA) is 75.1 Å². The van der Waals surface area contributed by atoms with E-state index < -0.39 is 0 Å². The number of aliphatic hydroxyl groups excluding tert-OH is 1. The summed E-state index contributed by atoms with van der Waals surface area (Å²) in [6.07, 6.45) is 1.68. The molecular weight excluding hydrogens is 330 g/mol. The number of aliphatic imine (C=N–C) groups is 1. The fraction of sp³-hybridized carbons (Fsp3) is 0.588. The average molecular weight is 356 g/mol. The summed E-state index contributed by atoms with van der Waals surface area (Å²) in [4.78, 5) is 4.21. The van der Waals surface area contributed by atoms with Gasteiger partial charge in [0.25, 0.3) is 0 Å². The molecule has 134 valence electrons. The molecule has 7 heteroatoms. The molecule has 1 aromatic rings. The maximum Gasteiger partial charge on any atom is 0.191 e. The van der Waals surface area contributed by atoms with Gasteiger partial charge < -0.3 is 25.2 Å². The van der Waals surface area contributed by atoms with Crippen molar-refractivity contribution in [2.45, 2.75) is 12.8 Å². The van der Waals surface area contributed by atoms with Crippen LogP contribution in [-0.2, 0) is 4.74 Å². The van der Waals surface area contributed by atoms with Gasteiger partial charge >= 0.3 is 0 Å². The third kappa shape index (κ3) is 5.54. The number of halogens is 1. The molecule has 0 aliphatic carbocycles. The quantitative estimate of drug-likeness (QED) is 0.376. The second kappa shape index (κ2) is 9.71. The van der Waals surface area contributed by atoms with E-state index in [9.17, 15) is 5.11 Å². The summed E-state index contributed by atoms with van der Waals surface area (Å²) in [5.41, 5.74) is -0.0135. The Balaban J connectivity index is 1.71. The maximum absolute atomic E-state index is 9.26. The van der Waals surface area contributed by atoms with Gasteiger partial charge in [0.05, 0.1) is 18.2 Å². The minimum Gasteiger partial charge on any atom is -0.490 e. The highest BCUT2D eigenvalue weighted by Crippen LogP contribution is 2.31. The van der Waals surface area contributed by atoms with E-state index in [1.165, 1.54) is 0 Å². The first-order valence-corrected chi connectivity index (χ1v) is 8.57. The summed E-state index contributed by atoms with van der Waals surface area (Å²) in [5.74, 6) is 1.39. The van der Waals surface area contributed by atoms with Gasteiger partial charge in [-0.25, -0.2) is 0 Å². The highest BCUT2D eigenvalue weighted by atomic mass is 35.5. The smallest absolute Gasteiger partial charge is 0.191 e. The molecule has 0 aromatic heterocycles. The van der Waals surface area contributed by atoms with Crippen LogP contribution in [0.15, 0.2) is 29.3 Å². The molecule has 3 N–H and O–H groups in total. The zero-order valence-corrected chi connectivity index (χ0v) is 14.8. The Hall–Kier alpha value is -1.50. The predicted octanol–water partition coefficient (Wildman–Crippen LogP) is 1.67. The van der Waals surface area contributed by atoms with Gasteiger partial charge in [-0.1, -0.05) is 23.7 Å². The minimum atomic E-state index is -0.0135. The third-order valence-corrected chi connectivity index (χ3v) is 4.48. The molecule has 1 atom stereocenters. The maximum atomic E-state index is 9.26. The molecule has 1 heterocycles. The lowest BCUT2D eigenvalue weighted by atomic mass is 9.84. The first-order chi connectivity index (χ1) is 11.7. The molecule has 1 aromatic carbocycles. The van der Waals surface area contributed by atoms with E-state index in [-0.39, 0.29) is 12.0 Å². The van der Waals surface area contributed by atoms with Crippen molar-refractivity contribution in [1.29, 1.82) is 0 Å². The van der Waals surface area contributed by atoms with E-state index in [1.807, 2.05) is 18.2 Å². The molecule has 1 unspecified atom stereocenters. The number of para-hydroxylation sites is 1. The molecule has 0 saturated carbocycles. The number of guanidine groups is 1. The summed E-state index contributed by atoms with van der Waals surface area (Å²) in [5, 5.41) is 16.4. The molecule has 2 rings (SSSR count). The van der Waals surface area contributed by atoms with Gasteiger partial charge in [-0.2, -0.15) is 0 Å². The predicted molar refractivity (Wildman–Crippen MR) is 95.9 cm³/mol. The molecule has 6 nitrogen and oxygen atoms in total. The van der Waals surface area contributed by atoms with Crippen molar-refractivity contribution >= 4 is 17.6 Å². The van der Waals surface area contributed by atoms with E-state index >= 15 is 0 Å². The fourth-order valence-corrected chi connectivity index (χ4v) is 2.89. The second-order valence-corrected chi connectivity index (χ2v) is 6.31. The number of benzene rings is 1. The summed E-state index contributed by atoms with van der Waals surface area (Å²) in [6.45, 7) is 3.40. The molecule has 0 radical (unpaired) electrons. The SMILES string of the molecule is CN=C(NCCOc1ccccc1Cl)NCC1(CCO)CCOC1. The van der Waals surface area contributed by atoms with Crippen molar-refractivity contribution in [2.24, 2.45) is 10.4 Å². The molecule has 0 bridgehead atoms. The zero-order valence-electron chi connectivity index (χ0n) is 14.1. The molecule has 1 saturated heterocycles. The Bertz CT molecular complexity index is 534. The Morgan fingerprint density at radius 1 is 1.42 bits per heavy atom. The fourth-order valence-electron chi connectivity index (χ4n) is 2.70. The molecule has 1 aliphatic heterocycles. The first-order valence-electron chi connectivity index (χ1n) is 8.19. The van der Waals surface area contributed by atoms with Gasteiger partial charge in [0, 0.05) is 32.2 Å². The number of hydrogen-bond acceptors (Lipinski definition) is 4. The van der Waals surface area contributed by atoms with Crippen LogP contribution in [0.4, 0.5) is 0 Å². The van der Waals surface area contributed by atoms with Gasteiger partial charge in [-0.15, -0.1) is 0 Å². The van der Waals surface area contributed by atoms with E-state index in [2.05, 4.69) is 15.6 Å². The van der Waals surface area contributed by atoms with Crippen LogP contribution in [0.3, 0.4) is 0 Å². The number of ether oxygens (including phenoxy) is 2. The van der Waals surface area contributed by atoms with Gasteiger partial charge in [0.15, 0.2) is 5.96 Å². The van der Waals surface area contributed by atoms with Crippen molar-refractivity contribution in [3.05, 3.63) is 29.3 Å². The lowest BCUT2D eigenvalue weighted by molar-refractivity contribution is 0.127. The van der Waals surface area contributed by atoms with Crippen LogP contribution in [0.25, 0.3) is 0 Å². The van der Waals surface area contributed by atoms with Gasteiger partial charge in [-0.3, -0.25) is 4.99 Å². The van der Waals surface area contributed by atoms with Crippen LogP contribution in [0.5, 0.6) is 5.75 Å². The van der Waals surface area contributed by atoms with E-state index in [1.54, 1.807) is 13.1 Å². The van der Waals surface area contributed by atoms with Crippen LogP contribution < -0.4 is 15.4 Å². The standard InChI is InChI=1S/C17H26ClN3O3/c1-19-16(21-12-17(6-9-22)7-10-23-13-17)20-8-11-24-15-5-3-2-4-14(15)18/h2-5,22H,6-13H2,1H3,(H2,19,20,21). The summed E-state index contributed by atoms with van der Waals surface area (Å²) in [7, 11) is 1.73. The number of rotatable bonds is 8. The van der Waals surface area contributed by atoms with E-state index in [0.717, 1.165) is 26.0 Å². The molecular formula is C17H26ClN3O3. The Morgan fingerprint density at radius 3 is 2.92 bits per heavy atom. The molecule has 1 fully saturated rings. The van der Waals surface area contributed by atoms with Crippen molar-refractivity contribution < 1.29 is 14.6 Å². The number of nitrogens with one attached hydrogen (secondary N) is 2. The monoisotopic (exact) mass is 355 g/mol. The van der Waals surface area contributed by atoms with Crippen molar-refractivity contribution in [1.82, 2.24) is 10.6 Å². The summed E-state index contributed by atoms with van der Waals surface area (Å²) in [6, 6.07) is 7.40. The van der Waals surface area contributed by atoms with Gasteiger partial charge in [0.1, 0.15) is 12.4 Å². The van der Waals surface area contributed by atoms with E-state index in [4.69, 9.17) is 21.1 Å². The van der Waals surface area contributed by atoms with Crippen molar-refractivity contribution in [3.63, 3.8) is 0 Å². The Morgan fingerprint density at radius 2 is 2.25 bits per heavy atom. The Kier molecular flexibility index (Phi) is 7.62. The average Bonchev–Trinajstić information content (AvgIpc) is 3.05. The first kappa shape index (κ1) is 18.8. The highest BCUT2D eigenvalue weighted by Gasteiger charge is 2.34. The number of hydrogen-bond donors (Lipinski definition) is 3. The van der Waals surface area contributed by atoms with Crippen LogP contribution in [-0.4, -0.2) is 57.6 Å². The zero-order chi connectivity index (χ0) is 17.3. The highest BCUT2D eigenvalue weighted by molar-refractivity contribution is 6.32. The van der Waals surface area contributed by atoms with Gasteiger partial charge in [-0.05, 0) is 25.0 Å². The van der Waals surface area contributed by atoms with Crippen LogP contribution in [0.1, 0.15) is 12.8 Å². The molecule has 0 amide bonds. The molecule has 0 spiro atoms. The number of nitrogens with zero attached hydrogens (tertiary/aromatic N) is 1. The van der Waals surface area contributed by atoms with Crippen LogP contribution in [0.2, 0.25) is 5.02 Å². The minimum absolute atomic E-state index is 0.0135. The van der Waals surface area contributed by atoms with Crippen LogP contribution >= 0.6 is 11.6 Å². The van der Waals surface area contributed by atoms with Crippen molar-refractivity contribution in [3.8, 4) is 5.75 Å². The van der Waals surface area contributed by atoms with Gasteiger partial charge in [0.2, 0.25) is 0 Å². The molecule has 24 heavy (non-hydrogen) atoms.